The Balaban J connectivity index is 1.74. The number of hydrogen-bond acceptors (Lipinski definition) is 3. The molecule has 3 aromatic rings. The molecule has 0 saturated carbocycles. The van der Waals surface area contributed by atoms with E-state index >= 15 is 0 Å². The van der Waals surface area contributed by atoms with Crippen LogP contribution < -0.4 is 5.32 Å². The Labute approximate surface area is 181 Å². The van der Waals surface area contributed by atoms with Crippen LogP contribution in [0.4, 0.5) is 5.69 Å². The van der Waals surface area contributed by atoms with Gasteiger partial charge in [-0.25, -0.2) is 4.68 Å². The number of anilines is 1. The Morgan fingerprint density at radius 2 is 1.67 bits per heavy atom. The first-order valence-corrected chi connectivity index (χ1v) is 10.3. The third-order valence-electron chi connectivity index (χ3n) is 4.91. The van der Waals surface area contributed by atoms with Crippen molar-refractivity contribution >= 4 is 29.1 Å². The van der Waals surface area contributed by atoms with Gasteiger partial charge in [-0.1, -0.05) is 41.9 Å². The Bertz CT molecular complexity index is 1030. The van der Waals surface area contributed by atoms with Crippen molar-refractivity contribution in [3.05, 3.63) is 82.1 Å². The lowest BCUT2D eigenvalue weighted by atomic mass is 10.1. The molecule has 0 bridgehead atoms. The van der Waals surface area contributed by atoms with E-state index in [1.165, 1.54) is 0 Å². The van der Waals surface area contributed by atoms with Crippen LogP contribution in [-0.2, 0) is 6.54 Å². The molecule has 30 heavy (non-hydrogen) atoms. The summed E-state index contributed by atoms with van der Waals surface area (Å²) in [6.07, 6.45) is 0. The molecule has 0 unspecified atom stereocenters. The molecule has 1 N–H and O–H groups in total. The molecule has 0 spiro atoms. The fourth-order valence-corrected chi connectivity index (χ4v) is 3.58. The van der Waals surface area contributed by atoms with E-state index in [1.54, 1.807) is 40.8 Å². The van der Waals surface area contributed by atoms with E-state index in [4.69, 9.17) is 11.6 Å². The molecule has 1 heterocycles. The molecule has 7 heteroatoms. The van der Waals surface area contributed by atoms with Gasteiger partial charge in [0.05, 0.1) is 17.8 Å². The van der Waals surface area contributed by atoms with Crippen molar-refractivity contribution in [3.63, 3.8) is 0 Å². The second-order valence-electron chi connectivity index (χ2n) is 6.90. The maximum absolute atomic E-state index is 12.8. The lowest BCUT2D eigenvalue weighted by Gasteiger charge is -2.18. The number of amides is 2. The third-order valence-corrected chi connectivity index (χ3v) is 5.29. The summed E-state index contributed by atoms with van der Waals surface area (Å²) in [6, 6.07) is 16.6. The number of rotatable bonds is 7. The van der Waals surface area contributed by atoms with Crippen LogP contribution in [-0.4, -0.2) is 39.6 Å². The number of aromatic nitrogens is 2. The third kappa shape index (κ3) is 4.71. The fraction of sp³-hybridized carbons (Fsp3) is 0.261. The van der Waals surface area contributed by atoms with Gasteiger partial charge in [-0.2, -0.15) is 5.10 Å². The van der Waals surface area contributed by atoms with Crippen LogP contribution in [0.2, 0.25) is 5.15 Å². The molecule has 0 atom stereocenters. The Morgan fingerprint density at radius 1 is 1.03 bits per heavy atom. The standard InChI is InChI=1S/C23H25ClN4O2/c1-4-27(5-2)23(30)18-11-13-19(14-12-18)25-22(29)20-16(3)26-28(21(20)24)15-17-9-7-6-8-10-17/h6-14H,4-5,15H2,1-3H3,(H,25,29). The number of benzene rings is 2. The molecule has 2 amide bonds. The molecule has 2 aromatic carbocycles. The number of carbonyl (C=O) groups is 2. The van der Waals surface area contributed by atoms with Crippen molar-refractivity contribution in [1.82, 2.24) is 14.7 Å². The van der Waals surface area contributed by atoms with E-state index < -0.39 is 0 Å². The minimum atomic E-state index is -0.334. The molecule has 0 saturated heterocycles. The monoisotopic (exact) mass is 424 g/mol. The van der Waals surface area contributed by atoms with E-state index in [0.29, 0.717) is 47.3 Å². The minimum Gasteiger partial charge on any atom is -0.339 e. The summed E-state index contributed by atoms with van der Waals surface area (Å²) >= 11 is 6.46. The van der Waals surface area contributed by atoms with E-state index in [0.717, 1.165) is 5.56 Å². The largest absolute Gasteiger partial charge is 0.339 e. The summed E-state index contributed by atoms with van der Waals surface area (Å²) in [4.78, 5) is 27.0. The van der Waals surface area contributed by atoms with Crippen LogP contribution in [0.15, 0.2) is 54.6 Å². The normalized spacial score (nSPS) is 10.7. The van der Waals surface area contributed by atoms with Crippen LogP contribution in [0.1, 0.15) is 45.8 Å². The average molecular weight is 425 g/mol. The molecule has 0 fully saturated rings. The summed E-state index contributed by atoms with van der Waals surface area (Å²) < 4.78 is 1.62. The van der Waals surface area contributed by atoms with Crippen molar-refractivity contribution in [2.75, 3.05) is 18.4 Å². The maximum atomic E-state index is 12.8. The van der Waals surface area contributed by atoms with Crippen molar-refractivity contribution < 1.29 is 9.59 Å². The maximum Gasteiger partial charge on any atom is 0.260 e. The quantitative estimate of drug-likeness (QED) is 0.601. The minimum absolute atomic E-state index is 0.0287. The van der Waals surface area contributed by atoms with E-state index in [9.17, 15) is 9.59 Å². The van der Waals surface area contributed by atoms with Crippen molar-refractivity contribution in [3.8, 4) is 0 Å². The number of halogens is 1. The summed E-state index contributed by atoms with van der Waals surface area (Å²) in [5.41, 5.74) is 3.11. The molecule has 0 aliphatic carbocycles. The number of aryl methyl sites for hydroxylation is 1. The summed E-state index contributed by atoms with van der Waals surface area (Å²) in [6.45, 7) is 7.43. The highest BCUT2D eigenvalue weighted by Gasteiger charge is 2.21. The average Bonchev–Trinajstić information content (AvgIpc) is 3.03. The van der Waals surface area contributed by atoms with Crippen molar-refractivity contribution in [2.45, 2.75) is 27.3 Å². The van der Waals surface area contributed by atoms with Gasteiger partial charge in [0.1, 0.15) is 5.15 Å². The molecule has 0 aliphatic heterocycles. The summed E-state index contributed by atoms with van der Waals surface area (Å²) in [5, 5.41) is 7.55. The highest BCUT2D eigenvalue weighted by Crippen LogP contribution is 2.23. The summed E-state index contributed by atoms with van der Waals surface area (Å²) in [5.74, 6) is -0.362. The SMILES string of the molecule is CCN(CC)C(=O)c1ccc(NC(=O)c2c(C)nn(Cc3ccccc3)c2Cl)cc1. The van der Waals surface area contributed by atoms with Crippen molar-refractivity contribution in [1.29, 1.82) is 0 Å². The second-order valence-corrected chi connectivity index (χ2v) is 7.26. The van der Waals surface area contributed by atoms with Crippen LogP contribution in [0, 0.1) is 6.92 Å². The van der Waals surface area contributed by atoms with Gasteiger partial charge in [0.25, 0.3) is 11.8 Å². The first-order chi connectivity index (χ1) is 14.4. The number of nitrogens with one attached hydrogen (secondary N) is 1. The Morgan fingerprint density at radius 3 is 2.27 bits per heavy atom. The smallest absolute Gasteiger partial charge is 0.260 e. The van der Waals surface area contributed by atoms with Gasteiger partial charge < -0.3 is 10.2 Å². The molecular weight excluding hydrogens is 400 g/mol. The van der Waals surface area contributed by atoms with Gasteiger partial charge in [0.15, 0.2) is 0 Å². The lowest BCUT2D eigenvalue weighted by Crippen LogP contribution is -2.30. The highest BCUT2D eigenvalue weighted by atomic mass is 35.5. The van der Waals surface area contributed by atoms with Gasteiger partial charge in [0.2, 0.25) is 0 Å². The predicted octanol–water partition coefficient (Wildman–Crippen LogP) is 4.63. The number of nitrogens with zero attached hydrogens (tertiary/aromatic N) is 3. The van der Waals surface area contributed by atoms with E-state index in [2.05, 4.69) is 10.4 Å². The van der Waals surface area contributed by atoms with Gasteiger partial charge in [0, 0.05) is 24.3 Å². The zero-order valence-corrected chi connectivity index (χ0v) is 18.1. The molecular formula is C23H25ClN4O2. The zero-order chi connectivity index (χ0) is 21.7. The van der Waals surface area contributed by atoms with Crippen molar-refractivity contribution in [2.24, 2.45) is 0 Å². The first kappa shape index (κ1) is 21.6. The topological polar surface area (TPSA) is 67.2 Å². The Hall–Kier alpha value is -3.12. The second kappa shape index (κ2) is 9.59. The van der Waals surface area contributed by atoms with Gasteiger partial charge >= 0.3 is 0 Å². The van der Waals surface area contributed by atoms with E-state index in [-0.39, 0.29) is 11.8 Å². The van der Waals surface area contributed by atoms with Crippen LogP contribution >= 0.6 is 11.6 Å². The molecule has 156 valence electrons. The molecule has 1 aromatic heterocycles. The van der Waals surface area contributed by atoms with E-state index in [1.807, 2.05) is 44.2 Å². The number of hydrogen-bond donors (Lipinski definition) is 1. The van der Waals surface area contributed by atoms with Gasteiger partial charge in [-0.05, 0) is 50.6 Å². The molecule has 0 aliphatic rings. The molecule has 3 rings (SSSR count). The number of carbonyl (C=O) groups excluding carboxylic acids is 2. The van der Waals surface area contributed by atoms with Crippen LogP contribution in [0.3, 0.4) is 0 Å². The fourth-order valence-electron chi connectivity index (χ4n) is 3.26. The van der Waals surface area contributed by atoms with Crippen LogP contribution in [0.5, 0.6) is 0 Å². The molecule has 0 radical (unpaired) electrons. The highest BCUT2D eigenvalue weighted by molar-refractivity contribution is 6.33. The zero-order valence-electron chi connectivity index (χ0n) is 17.4. The lowest BCUT2D eigenvalue weighted by molar-refractivity contribution is 0.0773. The van der Waals surface area contributed by atoms with Crippen LogP contribution in [0.25, 0.3) is 0 Å². The van der Waals surface area contributed by atoms with Gasteiger partial charge in [-0.15, -0.1) is 0 Å². The molecule has 6 nitrogen and oxygen atoms in total. The Kier molecular flexibility index (Phi) is 6.90. The predicted molar refractivity (Wildman–Crippen MR) is 119 cm³/mol. The summed E-state index contributed by atoms with van der Waals surface area (Å²) in [7, 11) is 0. The first-order valence-electron chi connectivity index (χ1n) is 9.92. The van der Waals surface area contributed by atoms with Gasteiger partial charge in [-0.3, -0.25) is 9.59 Å².